The minimum Gasteiger partial charge on any atom is -0.324 e. The average molecular weight is 311 g/mol. The van der Waals surface area contributed by atoms with Crippen LogP contribution in [0, 0.1) is 0 Å². The number of hydrazine groups is 1. The molecule has 19 heavy (non-hydrogen) atoms. The van der Waals surface area contributed by atoms with Gasteiger partial charge in [0.25, 0.3) is 0 Å². The van der Waals surface area contributed by atoms with Crippen LogP contribution in [-0.2, 0) is 15.8 Å². The van der Waals surface area contributed by atoms with Gasteiger partial charge in [0.2, 0.25) is 0 Å². The molecular formula is C8H13N2O7P2+. The van der Waals surface area contributed by atoms with Crippen molar-refractivity contribution >= 4 is 32.1 Å². The molecule has 0 saturated carbocycles. The van der Waals surface area contributed by atoms with Crippen molar-refractivity contribution in [2.24, 2.45) is 5.84 Å². The molecule has 0 aliphatic rings. The van der Waals surface area contributed by atoms with Gasteiger partial charge in [0.05, 0.1) is 17.4 Å². The Morgan fingerprint density at radius 2 is 1.89 bits per heavy atom. The van der Waals surface area contributed by atoms with E-state index in [9.17, 15) is 9.36 Å². The number of nitrogens with one attached hydrogen (secondary N) is 1. The van der Waals surface area contributed by atoms with Crippen molar-refractivity contribution < 1.29 is 33.8 Å². The molecule has 0 heterocycles. The lowest BCUT2D eigenvalue weighted by Gasteiger charge is -2.11. The summed E-state index contributed by atoms with van der Waals surface area (Å²) in [5.74, 6) is 5.15. The van der Waals surface area contributed by atoms with E-state index in [2.05, 4.69) is 5.43 Å². The van der Waals surface area contributed by atoms with Gasteiger partial charge in [-0.2, -0.15) is 14.7 Å². The second kappa shape index (κ2) is 5.62. The topological polar surface area (TPSA) is 173 Å². The largest absolute Gasteiger partial charge is 0.478 e. The van der Waals surface area contributed by atoms with Gasteiger partial charge >= 0.3 is 21.1 Å². The van der Waals surface area contributed by atoms with Crippen LogP contribution in [0.15, 0.2) is 18.2 Å². The van der Waals surface area contributed by atoms with E-state index in [1.165, 1.54) is 6.07 Å². The number of benzene rings is 1. The molecule has 0 atom stereocenters. The Labute approximate surface area is 108 Å². The summed E-state index contributed by atoms with van der Waals surface area (Å²) < 4.78 is 11.0. The van der Waals surface area contributed by atoms with E-state index in [4.69, 9.17) is 30.3 Å². The zero-order chi connectivity index (χ0) is 14.8. The second-order valence-corrected chi connectivity index (χ2v) is 6.91. The molecule has 0 spiro atoms. The van der Waals surface area contributed by atoms with Gasteiger partial charge in [0.15, 0.2) is 0 Å². The molecule has 0 aliphatic heterocycles. The van der Waals surface area contributed by atoms with Crippen LogP contribution >= 0.6 is 15.5 Å². The molecule has 1 rings (SSSR count). The second-order valence-electron chi connectivity index (χ2n) is 3.67. The standard InChI is InChI=1S/C8H12N2O7P2/c9-10-7-4-6(18(12,13)14)2-1-5(7)3-8(11)19(15,16)17/h1-2,4,10,15-17H,3,9H2,(H-,12,13,14)/p+1. The van der Waals surface area contributed by atoms with Crippen molar-refractivity contribution in [1.82, 2.24) is 0 Å². The Kier molecular flexibility index (Phi) is 4.78. The highest BCUT2D eigenvalue weighted by Gasteiger charge is 2.42. The first kappa shape index (κ1) is 16.2. The number of nitrogens with two attached hydrogens (primary N) is 1. The molecule has 1 aromatic rings. The summed E-state index contributed by atoms with van der Waals surface area (Å²) in [5, 5.41) is -0.310. The Balaban J connectivity index is 3.11. The SMILES string of the molecule is NNc1cc(P(=O)(O)O)ccc1CC(=O)[P+](O)(O)O. The average Bonchev–Trinajstić information content (AvgIpc) is 2.26. The molecule has 0 saturated heterocycles. The van der Waals surface area contributed by atoms with Crippen LogP contribution in [0.5, 0.6) is 0 Å². The number of hydrogen-bond donors (Lipinski definition) is 7. The van der Waals surface area contributed by atoms with Gasteiger partial charge in [-0.1, -0.05) is 6.07 Å². The van der Waals surface area contributed by atoms with Crippen LogP contribution in [0.25, 0.3) is 0 Å². The smallest absolute Gasteiger partial charge is 0.324 e. The number of rotatable bonds is 5. The number of carbonyl (C=O) groups excluding carboxylic acids is 1. The zero-order valence-electron chi connectivity index (χ0n) is 9.46. The van der Waals surface area contributed by atoms with Crippen molar-refractivity contribution in [3.8, 4) is 0 Å². The van der Waals surface area contributed by atoms with E-state index in [1.54, 1.807) is 0 Å². The number of hydrogen-bond acceptors (Lipinski definition) is 7. The lowest BCUT2D eigenvalue weighted by Crippen LogP contribution is -2.16. The molecule has 0 aromatic heterocycles. The minimum absolute atomic E-state index is 0.0302. The molecule has 0 aliphatic carbocycles. The van der Waals surface area contributed by atoms with Crippen molar-refractivity contribution in [2.75, 3.05) is 5.43 Å². The Bertz CT molecular complexity index is 536. The number of anilines is 1. The fourth-order valence-corrected chi connectivity index (χ4v) is 2.25. The quantitative estimate of drug-likeness (QED) is 0.196. The third-order valence-corrected chi connectivity index (χ3v) is 4.04. The van der Waals surface area contributed by atoms with Gasteiger partial charge in [-0.25, -0.2) is 4.79 Å². The van der Waals surface area contributed by atoms with E-state index in [-0.39, 0.29) is 16.6 Å². The molecule has 0 fully saturated rings. The third kappa shape index (κ3) is 4.31. The predicted molar refractivity (Wildman–Crippen MR) is 68.2 cm³/mol. The molecule has 0 radical (unpaired) electrons. The molecule has 0 amide bonds. The van der Waals surface area contributed by atoms with Crippen LogP contribution in [0.3, 0.4) is 0 Å². The van der Waals surface area contributed by atoms with E-state index in [0.29, 0.717) is 0 Å². The molecule has 0 bridgehead atoms. The summed E-state index contributed by atoms with van der Waals surface area (Å²) in [5.41, 5.74) is 1.12. The maximum Gasteiger partial charge on any atom is 0.478 e. The molecule has 11 heteroatoms. The van der Waals surface area contributed by atoms with Crippen LogP contribution in [0.1, 0.15) is 5.56 Å². The Morgan fingerprint density at radius 1 is 1.32 bits per heavy atom. The van der Waals surface area contributed by atoms with Crippen molar-refractivity contribution in [2.45, 2.75) is 6.42 Å². The van der Waals surface area contributed by atoms with E-state index in [1.807, 2.05) is 0 Å². The van der Waals surface area contributed by atoms with Gasteiger partial charge in [-0.3, -0.25) is 10.4 Å². The van der Waals surface area contributed by atoms with Gasteiger partial charge in [0, 0.05) is 0 Å². The van der Waals surface area contributed by atoms with Crippen LogP contribution in [-0.4, -0.2) is 30.0 Å². The predicted octanol–water partition coefficient (Wildman–Crippen LogP) is -1.42. The van der Waals surface area contributed by atoms with Crippen molar-refractivity contribution in [1.29, 1.82) is 0 Å². The normalized spacial score (nSPS) is 12.3. The highest BCUT2D eigenvalue weighted by Crippen LogP contribution is 2.46. The van der Waals surface area contributed by atoms with Gasteiger partial charge < -0.3 is 15.2 Å². The summed E-state index contributed by atoms with van der Waals surface area (Å²) in [6, 6.07) is 3.31. The first-order chi connectivity index (χ1) is 8.55. The fourth-order valence-electron chi connectivity index (χ4n) is 1.30. The van der Waals surface area contributed by atoms with E-state index in [0.717, 1.165) is 12.1 Å². The zero-order valence-corrected chi connectivity index (χ0v) is 11.3. The third-order valence-electron chi connectivity index (χ3n) is 2.26. The van der Waals surface area contributed by atoms with Crippen LogP contribution in [0.4, 0.5) is 5.69 Å². The summed E-state index contributed by atoms with van der Waals surface area (Å²) >= 11 is 0. The summed E-state index contributed by atoms with van der Waals surface area (Å²) in [6.07, 6.45) is -0.543. The fraction of sp³-hybridized carbons (Fsp3) is 0.125. The van der Waals surface area contributed by atoms with E-state index >= 15 is 0 Å². The Morgan fingerprint density at radius 3 is 2.32 bits per heavy atom. The van der Waals surface area contributed by atoms with Crippen LogP contribution in [0.2, 0.25) is 0 Å². The van der Waals surface area contributed by atoms with Gasteiger partial charge in [-0.15, -0.1) is 0 Å². The highest BCUT2D eigenvalue weighted by molar-refractivity contribution is 7.76. The Hall–Kier alpha value is -0.890. The minimum atomic E-state index is -4.61. The number of nitrogen functional groups attached to an aromatic ring is 1. The summed E-state index contributed by atoms with van der Waals surface area (Å²) in [4.78, 5) is 55.6. The molecule has 1 aromatic carbocycles. The first-order valence-electron chi connectivity index (χ1n) is 4.82. The molecular weight excluding hydrogens is 298 g/mol. The lowest BCUT2D eigenvalue weighted by molar-refractivity contribution is -0.113. The van der Waals surface area contributed by atoms with Gasteiger partial charge in [0.1, 0.15) is 0 Å². The van der Waals surface area contributed by atoms with Crippen molar-refractivity contribution in [3.63, 3.8) is 0 Å². The number of carbonyl (C=O) groups is 1. The monoisotopic (exact) mass is 311 g/mol. The lowest BCUT2D eigenvalue weighted by atomic mass is 10.1. The molecule has 106 valence electrons. The molecule has 0 unspecified atom stereocenters. The first-order valence-corrected chi connectivity index (χ1v) is 8.08. The summed E-state index contributed by atoms with van der Waals surface area (Å²) in [6.45, 7) is 0. The van der Waals surface area contributed by atoms with Crippen molar-refractivity contribution in [3.05, 3.63) is 23.8 Å². The maximum absolute atomic E-state index is 11.3. The van der Waals surface area contributed by atoms with Crippen LogP contribution < -0.4 is 16.6 Å². The van der Waals surface area contributed by atoms with Gasteiger partial charge in [-0.05, 0) is 17.7 Å². The molecule has 9 nitrogen and oxygen atoms in total. The summed E-state index contributed by atoms with van der Waals surface area (Å²) in [7, 11) is -9.07. The highest BCUT2D eigenvalue weighted by atomic mass is 31.2. The van der Waals surface area contributed by atoms with E-state index < -0.39 is 27.5 Å². The maximum atomic E-state index is 11.3. The molecule has 8 N–H and O–H groups in total.